The highest BCUT2D eigenvalue weighted by Crippen LogP contribution is 2.19. The molecule has 1 aromatic rings. The number of rotatable bonds is 6. The minimum atomic E-state index is -0.0835. The maximum absolute atomic E-state index is 12.2. The number of nitrogens with one attached hydrogen (secondary N) is 2. The Kier molecular flexibility index (Phi) is 8.37. The topological polar surface area (TPSA) is 53.6 Å². The van der Waals surface area contributed by atoms with E-state index >= 15 is 0 Å². The number of amides is 1. The van der Waals surface area contributed by atoms with Crippen LogP contribution in [0.1, 0.15) is 19.8 Å². The second kappa shape index (κ2) is 9.75. The number of piperidine rings is 1. The molecule has 0 spiro atoms. The first-order valence-corrected chi connectivity index (χ1v) is 7.96. The first-order valence-electron chi connectivity index (χ1n) is 7.96. The van der Waals surface area contributed by atoms with Gasteiger partial charge in [-0.05, 0) is 63.7 Å². The Bertz CT molecular complexity index is 479. The lowest BCUT2D eigenvalue weighted by Crippen LogP contribution is -2.45. The Morgan fingerprint density at radius 3 is 2.65 bits per heavy atom. The van der Waals surface area contributed by atoms with E-state index in [0.717, 1.165) is 37.4 Å². The molecule has 0 bridgehead atoms. The Balaban J connectivity index is 0.00000264. The van der Waals surface area contributed by atoms with Crippen LogP contribution in [0.3, 0.4) is 0 Å². The number of ether oxygens (including phenoxy) is 1. The molecule has 1 amide bonds. The van der Waals surface area contributed by atoms with E-state index in [1.54, 1.807) is 0 Å². The van der Waals surface area contributed by atoms with Gasteiger partial charge in [0.15, 0.2) is 0 Å². The van der Waals surface area contributed by atoms with E-state index < -0.39 is 0 Å². The van der Waals surface area contributed by atoms with Crippen molar-refractivity contribution in [3.63, 3.8) is 0 Å². The van der Waals surface area contributed by atoms with Gasteiger partial charge in [-0.2, -0.15) is 0 Å². The number of anilines is 1. The van der Waals surface area contributed by atoms with Crippen molar-refractivity contribution in [1.29, 1.82) is 0 Å². The van der Waals surface area contributed by atoms with Crippen LogP contribution in [0.4, 0.5) is 5.69 Å². The molecule has 1 aliphatic rings. The number of benzene rings is 1. The molecule has 0 radical (unpaired) electrons. The monoisotopic (exact) mass is 341 g/mol. The van der Waals surface area contributed by atoms with Gasteiger partial charge < -0.3 is 20.3 Å². The normalized spacial score (nSPS) is 20.7. The summed E-state index contributed by atoms with van der Waals surface area (Å²) in [5.41, 5.74) is 0.810. The summed E-state index contributed by atoms with van der Waals surface area (Å²) in [6.07, 6.45) is 2.04. The third-order valence-corrected chi connectivity index (χ3v) is 3.91. The Labute approximate surface area is 145 Å². The number of hydrogen-bond acceptors (Lipinski definition) is 4. The third kappa shape index (κ3) is 6.77. The molecule has 2 rings (SSSR count). The van der Waals surface area contributed by atoms with Crippen molar-refractivity contribution in [2.45, 2.75) is 25.8 Å². The van der Waals surface area contributed by atoms with Crippen molar-refractivity contribution < 1.29 is 9.53 Å². The summed E-state index contributed by atoms with van der Waals surface area (Å²) in [6.45, 7) is 4.64. The summed E-state index contributed by atoms with van der Waals surface area (Å²) < 4.78 is 5.64. The van der Waals surface area contributed by atoms with Gasteiger partial charge >= 0.3 is 0 Å². The second-order valence-corrected chi connectivity index (χ2v) is 6.30. The van der Waals surface area contributed by atoms with Crippen molar-refractivity contribution >= 4 is 24.0 Å². The van der Waals surface area contributed by atoms with Gasteiger partial charge in [-0.15, -0.1) is 12.4 Å². The van der Waals surface area contributed by atoms with Crippen LogP contribution in [0.15, 0.2) is 24.3 Å². The zero-order chi connectivity index (χ0) is 15.9. The number of likely N-dealkylation sites (N-methyl/N-ethyl adjacent to an activating group) is 1. The molecule has 1 heterocycles. The van der Waals surface area contributed by atoms with E-state index in [9.17, 15) is 4.79 Å². The zero-order valence-electron chi connectivity index (χ0n) is 14.2. The van der Waals surface area contributed by atoms with Crippen molar-refractivity contribution in [1.82, 2.24) is 10.2 Å². The van der Waals surface area contributed by atoms with Gasteiger partial charge in [0.2, 0.25) is 5.91 Å². The highest BCUT2D eigenvalue weighted by atomic mass is 35.5. The van der Waals surface area contributed by atoms with Crippen LogP contribution in [-0.2, 0) is 4.79 Å². The maximum atomic E-state index is 12.2. The van der Waals surface area contributed by atoms with Crippen LogP contribution in [0.25, 0.3) is 0 Å². The van der Waals surface area contributed by atoms with Crippen molar-refractivity contribution in [2.75, 3.05) is 39.1 Å². The van der Waals surface area contributed by atoms with E-state index in [1.807, 2.05) is 38.4 Å². The standard InChI is InChI=1S/C17H27N3O2.ClH/c1-13-8-9-18-16(12-13)17(21)19-14-4-6-15(7-5-14)22-11-10-20(2)3;/h4-7,13,16,18H,8-12H2,1-3H3,(H,19,21);1H. The molecule has 2 unspecified atom stereocenters. The Morgan fingerprint density at radius 1 is 1.35 bits per heavy atom. The first-order chi connectivity index (χ1) is 10.5. The van der Waals surface area contributed by atoms with Crippen LogP contribution >= 0.6 is 12.4 Å². The van der Waals surface area contributed by atoms with Gasteiger partial charge in [-0.3, -0.25) is 4.79 Å². The molecular weight excluding hydrogens is 314 g/mol. The summed E-state index contributed by atoms with van der Waals surface area (Å²) in [5, 5.41) is 6.25. The fourth-order valence-corrected chi connectivity index (χ4v) is 2.52. The minimum absolute atomic E-state index is 0. The molecule has 6 heteroatoms. The van der Waals surface area contributed by atoms with Crippen LogP contribution in [0.2, 0.25) is 0 Å². The average Bonchev–Trinajstić information content (AvgIpc) is 2.48. The smallest absolute Gasteiger partial charge is 0.241 e. The molecular formula is C17H28ClN3O2. The lowest BCUT2D eigenvalue weighted by atomic mass is 9.94. The largest absolute Gasteiger partial charge is 0.492 e. The van der Waals surface area contributed by atoms with Gasteiger partial charge in [-0.1, -0.05) is 6.92 Å². The summed E-state index contributed by atoms with van der Waals surface area (Å²) in [4.78, 5) is 14.3. The maximum Gasteiger partial charge on any atom is 0.241 e. The zero-order valence-corrected chi connectivity index (χ0v) is 15.0. The van der Waals surface area contributed by atoms with Crippen molar-refractivity contribution in [3.8, 4) is 5.75 Å². The van der Waals surface area contributed by atoms with Crippen molar-refractivity contribution in [2.24, 2.45) is 5.92 Å². The van der Waals surface area contributed by atoms with Crippen LogP contribution in [0, 0.1) is 5.92 Å². The fourth-order valence-electron chi connectivity index (χ4n) is 2.52. The number of halogens is 1. The van der Waals surface area contributed by atoms with Crippen LogP contribution < -0.4 is 15.4 Å². The Hall–Kier alpha value is -1.30. The fraction of sp³-hybridized carbons (Fsp3) is 0.588. The minimum Gasteiger partial charge on any atom is -0.492 e. The number of carbonyl (C=O) groups excluding carboxylic acids is 1. The molecule has 1 fully saturated rings. The van der Waals surface area contributed by atoms with E-state index in [4.69, 9.17) is 4.74 Å². The molecule has 0 aliphatic carbocycles. The number of hydrogen-bond donors (Lipinski definition) is 2. The van der Waals surface area contributed by atoms with Gasteiger partial charge in [0.25, 0.3) is 0 Å². The molecule has 5 nitrogen and oxygen atoms in total. The molecule has 1 aromatic carbocycles. The van der Waals surface area contributed by atoms with Crippen LogP contribution in [-0.4, -0.2) is 50.6 Å². The summed E-state index contributed by atoms with van der Waals surface area (Å²) in [6, 6.07) is 7.47. The van der Waals surface area contributed by atoms with Gasteiger partial charge in [-0.25, -0.2) is 0 Å². The number of nitrogens with zero attached hydrogens (tertiary/aromatic N) is 1. The SMILES string of the molecule is CC1CCNC(C(=O)Nc2ccc(OCCN(C)C)cc2)C1.Cl. The van der Waals surface area contributed by atoms with Crippen LogP contribution in [0.5, 0.6) is 5.75 Å². The molecule has 0 saturated carbocycles. The highest BCUT2D eigenvalue weighted by Gasteiger charge is 2.24. The first kappa shape index (κ1) is 19.7. The Morgan fingerprint density at radius 2 is 2.04 bits per heavy atom. The molecule has 2 atom stereocenters. The lowest BCUT2D eigenvalue weighted by molar-refractivity contribution is -0.119. The molecule has 130 valence electrons. The second-order valence-electron chi connectivity index (χ2n) is 6.30. The summed E-state index contributed by atoms with van der Waals surface area (Å²) in [5.74, 6) is 1.47. The van der Waals surface area contributed by atoms with Gasteiger partial charge in [0.1, 0.15) is 12.4 Å². The quantitative estimate of drug-likeness (QED) is 0.834. The van der Waals surface area contributed by atoms with E-state index in [2.05, 4.69) is 22.5 Å². The van der Waals surface area contributed by atoms with Gasteiger partial charge in [0.05, 0.1) is 6.04 Å². The summed E-state index contributed by atoms with van der Waals surface area (Å²) in [7, 11) is 4.03. The molecule has 0 aromatic heterocycles. The molecule has 1 aliphatic heterocycles. The van der Waals surface area contributed by atoms with E-state index in [0.29, 0.717) is 12.5 Å². The lowest BCUT2D eigenvalue weighted by Gasteiger charge is -2.27. The average molecular weight is 342 g/mol. The molecule has 2 N–H and O–H groups in total. The third-order valence-electron chi connectivity index (χ3n) is 3.91. The predicted octanol–water partition coefficient (Wildman–Crippen LogP) is 2.38. The summed E-state index contributed by atoms with van der Waals surface area (Å²) >= 11 is 0. The number of carbonyl (C=O) groups is 1. The molecule has 23 heavy (non-hydrogen) atoms. The highest BCUT2D eigenvalue weighted by molar-refractivity contribution is 5.94. The van der Waals surface area contributed by atoms with E-state index in [-0.39, 0.29) is 24.4 Å². The van der Waals surface area contributed by atoms with Crippen molar-refractivity contribution in [3.05, 3.63) is 24.3 Å². The van der Waals surface area contributed by atoms with Gasteiger partial charge in [0, 0.05) is 12.2 Å². The predicted molar refractivity (Wildman–Crippen MR) is 96.6 cm³/mol. The molecule has 1 saturated heterocycles. The van der Waals surface area contributed by atoms with E-state index in [1.165, 1.54) is 0 Å².